The van der Waals surface area contributed by atoms with Crippen molar-refractivity contribution in [2.24, 2.45) is 0 Å². The molecule has 0 unspecified atom stereocenters. The van der Waals surface area contributed by atoms with E-state index in [1.54, 1.807) is 12.1 Å². The maximum absolute atomic E-state index is 9.09. The second-order valence-electron chi connectivity index (χ2n) is 6.56. The van der Waals surface area contributed by atoms with Crippen LogP contribution in [0.25, 0.3) is 5.57 Å². The molecule has 3 aromatic carbocycles. The Bertz CT molecular complexity index is 1080. The Balaban J connectivity index is 1.66. The Hall–Kier alpha value is -3.82. The fraction of sp³-hybridized carbons (Fsp3) is 0.120. The molecular weight excluding hydrogens is 344 g/mol. The molecule has 136 valence electrons. The van der Waals surface area contributed by atoms with Crippen LogP contribution in [0, 0.1) is 29.6 Å². The molecule has 0 N–H and O–H groups in total. The van der Waals surface area contributed by atoms with Gasteiger partial charge in [0.05, 0.1) is 29.9 Å². The van der Waals surface area contributed by atoms with Gasteiger partial charge in [-0.3, -0.25) is 0 Å². The molecule has 0 heterocycles. The van der Waals surface area contributed by atoms with E-state index < -0.39 is 0 Å². The molecule has 3 rings (SSSR count). The first-order chi connectivity index (χ1) is 13.6. The van der Waals surface area contributed by atoms with Gasteiger partial charge in [0.25, 0.3) is 0 Å². The van der Waals surface area contributed by atoms with Crippen LogP contribution in [0.4, 0.5) is 0 Å². The van der Waals surface area contributed by atoms with E-state index in [0.717, 1.165) is 40.0 Å². The summed E-state index contributed by atoms with van der Waals surface area (Å²) in [7, 11) is 0. The third-order valence-corrected chi connectivity index (χ3v) is 4.61. The van der Waals surface area contributed by atoms with Crippen LogP contribution in [-0.4, -0.2) is 6.61 Å². The van der Waals surface area contributed by atoms with E-state index in [-0.39, 0.29) is 0 Å². The molecule has 3 heteroatoms. The topological polar surface area (TPSA) is 56.8 Å². The highest BCUT2D eigenvalue weighted by Gasteiger charge is 2.06. The average Bonchev–Trinajstić information content (AvgIpc) is 2.74. The van der Waals surface area contributed by atoms with E-state index in [9.17, 15) is 0 Å². The lowest BCUT2D eigenvalue weighted by atomic mass is 9.95. The van der Waals surface area contributed by atoms with Gasteiger partial charge < -0.3 is 4.74 Å². The second-order valence-corrected chi connectivity index (χ2v) is 6.56. The third kappa shape index (κ3) is 4.47. The summed E-state index contributed by atoms with van der Waals surface area (Å²) in [6.07, 6.45) is 0.771. The van der Waals surface area contributed by atoms with E-state index in [1.165, 1.54) is 0 Å². The molecule has 0 saturated heterocycles. The molecule has 0 aromatic heterocycles. The smallest absolute Gasteiger partial charge is 0.119 e. The van der Waals surface area contributed by atoms with Crippen LogP contribution >= 0.6 is 0 Å². The van der Waals surface area contributed by atoms with Crippen molar-refractivity contribution < 1.29 is 4.74 Å². The van der Waals surface area contributed by atoms with Crippen molar-refractivity contribution in [2.75, 3.05) is 6.61 Å². The van der Waals surface area contributed by atoms with Crippen molar-refractivity contribution in [2.45, 2.75) is 13.3 Å². The zero-order valence-corrected chi connectivity index (χ0v) is 15.8. The van der Waals surface area contributed by atoms with Gasteiger partial charge in [-0.05, 0) is 65.1 Å². The van der Waals surface area contributed by atoms with Crippen LogP contribution in [0.1, 0.15) is 33.4 Å². The number of nitriles is 2. The number of hydrogen-bond acceptors (Lipinski definition) is 3. The van der Waals surface area contributed by atoms with Crippen molar-refractivity contribution in [3.63, 3.8) is 0 Å². The van der Waals surface area contributed by atoms with Gasteiger partial charge in [-0.2, -0.15) is 10.5 Å². The Morgan fingerprint density at radius 1 is 0.929 bits per heavy atom. The van der Waals surface area contributed by atoms with Gasteiger partial charge in [-0.15, -0.1) is 0 Å². The Labute approximate surface area is 165 Å². The summed E-state index contributed by atoms with van der Waals surface area (Å²) in [6, 6.07) is 25.4. The van der Waals surface area contributed by atoms with Gasteiger partial charge in [0, 0.05) is 6.42 Å². The molecule has 0 bridgehead atoms. The number of ether oxygens (including phenoxy) is 1. The minimum atomic E-state index is 0.553. The predicted octanol–water partition coefficient (Wildman–Crippen LogP) is 5.42. The van der Waals surface area contributed by atoms with Crippen molar-refractivity contribution in [3.05, 3.63) is 107 Å². The normalized spacial score (nSPS) is 9.96. The second kappa shape index (κ2) is 8.71. The van der Waals surface area contributed by atoms with Crippen LogP contribution < -0.4 is 4.74 Å². The zero-order chi connectivity index (χ0) is 19.9. The number of rotatable bonds is 6. The van der Waals surface area contributed by atoms with Crippen LogP contribution in [0.15, 0.2) is 73.3 Å². The minimum absolute atomic E-state index is 0.553. The molecule has 0 saturated carbocycles. The van der Waals surface area contributed by atoms with E-state index in [1.807, 2.05) is 49.4 Å². The highest BCUT2D eigenvalue weighted by molar-refractivity contribution is 5.79. The predicted molar refractivity (Wildman–Crippen MR) is 111 cm³/mol. The maximum Gasteiger partial charge on any atom is 0.119 e. The fourth-order valence-electron chi connectivity index (χ4n) is 2.97. The highest BCUT2D eigenvalue weighted by atomic mass is 16.5. The fourth-order valence-corrected chi connectivity index (χ4v) is 2.97. The lowest BCUT2D eigenvalue weighted by Gasteiger charge is -2.11. The number of nitrogens with zero attached hydrogens (tertiary/aromatic N) is 2. The van der Waals surface area contributed by atoms with Crippen LogP contribution in [0.3, 0.4) is 0 Å². The number of hydrogen-bond donors (Lipinski definition) is 0. The quantitative estimate of drug-likeness (QED) is 0.587. The first kappa shape index (κ1) is 19.0. The van der Waals surface area contributed by atoms with Crippen molar-refractivity contribution >= 4 is 5.57 Å². The van der Waals surface area contributed by atoms with Gasteiger partial charge in [0.1, 0.15) is 5.75 Å². The monoisotopic (exact) mass is 364 g/mol. The number of aryl methyl sites for hydroxylation is 1. The zero-order valence-electron chi connectivity index (χ0n) is 15.8. The van der Waals surface area contributed by atoms with Crippen LogP contribution in [-0.2, 0) is 6.42 Å². The van der Waals surface area contributed by atoms with Crippen molar-refractivity contribution in [1.82, 2.24) is 0 Å². The molecule has 0 fully saturated rings. The summed E-state index contributed by atoms with van der Waals surface area (Å²) in [5, 5.41) is 17.9. The van der Waals surface area contributed by atoms with Gasteiger partial charge >= 0.3 is 0 Å². The molecule has 0 amide bonds. The number of benzene rings is 3. The third-order valence-electron chi connectivity index (χ3n) is 4.61. The van der Waals surface area contributed by atoms with E-state index >= 15 is 0 Å². The molecule has 0 aliphatic heterocycles. The molecule has 28 heavy (non-hydrogen) atoms. The summed E-state index contributed by atoms with van der Waals surface area (Å²) in [6.45, 7) is 6.73. The van der Waals surface area contributed by atoms with Crippen LogP contribution in [0.5, 0.6) is 5.75 Å². The SMILES string of the molecule is C=C(c1cccc(CCOc2ccc(C#N)cc2)c1)c1ccc(C#N)c(C)c1. The molecule has 0 spiro atoms. The van der Waals surface area contributed by atoms with Gasteiger partial charge in [0.2, 0.25) is 0 Å². The van der Waals surface area contributed by atoms with Crippen molar-refractivity contribution in [1.29, 1.82) is 10.5 Å². The lowest BCUT2D eigenvalue weighted by Crippen LogP contribution is -2.02. The molecule has 0 atom stereocenters. The van der Waals surface area contributed by atoms with E-state index in [4.69, 9.17) is 15.3 Å². The molecule has 3 nitrogen and oxygen atoms in total. The first-order valence-electron chi connectivity index (χ1n) is 9.03. The lowest BCUT2D eigenvalue weighted by molar-refractivity contribution is 0.322. The summed E-state index contributed by atoms with van der Waals surface area (Å²) in [5.74, 6) is 0.757. The van der Waals surface area contributed by atoms with E-state index in [0.29, 0.717) is 17.7 Å². The molecule has 3 aromatic rings. The molecule has 0 aliphatic rings. The average molecular weight is 364 g/mol. The first-order valence-corrected chi connectivity index (χ1v) is 9.03. The van der Waals surface area contributed by atoms with Crippen LogP contribution in [0.2, 0.25) is 0 Å². The van der Waals surface area contributed by atoms with Gasteiger partial charge in [-0.1, -0.05) is 43.0 Å². The molecule has 0 radical (unpaired) electrons. The highest BCUT2D eigenvalue weighted by Crippen LogP contribution is 2.24. The minimum Gasteiger partial charge on any atom is -0.493 e. The van der Waals surface area contributed by atoms with Gasteiger partial charge in [-0.25, -0.2) is 0 Å². The summed E-state index contributed by atoms with van der Waals surface area (Å²) in [5.41, 5.74) is 6.43. The molecule has 0 aliphatic carbocycles. The maximum atomic E-state index is 9.09. The summed E-state index contributed by atoms with van der Waals surface area (Å²) in [4.78, 5) is 0. The summed E-state index contributed by atoms with van der Waals surface area (Å²) < 4.78 is 5.77. The standard InChI is InChI=1S/C25H20N2O/c1-18-14-23(8-9-24(18)17-27)19(2)22-5-3-4-20(15-22)12-13-28-25-10-6-21(16-26)7-11-25/h3-11,14-15H,2,12-13H2,1H3. The van der Waals surface area contributed by atoms with Crippen molar-refractivity contribution in [3.8, 4) is 17.9 Å². The Kier molecular flexibility index (Phi) is 5.90. The summed E-state index contributed by atoms with van der Waals surface area (Å²) >= 11 is 0. The largest absolute Gasteiger partial charge is 0.493 e. The molecular formula is C25H20N2O. The Morgan fingerprint density at radius 3 is 2.36 bits per heavy atom. The van der Waals surface area contributed by atoms with E-state index in [2.05, 4.69) is 30.9 Å². The Morgan fingerprint density at radius 2 is 1.68 bits per heavy atom. The van der Waals surface area contributed by atoms with Gasteiger partial charge in [0.15, 0.2) is 0 Å².